The largest absolute Gasteiger partial charge is 0.380 e. The fourth-order valence-electron chi connectivity index (χ4n) is 2.34. The van der Waals surface area contributed by atoms with Gasteiger partial charge < -0.3 is 14.6 Å². The predicted octanol–water partition coefficient (Wildman–Crippen LogP) is 1.22. The first-order valence-electron chi connectivity index (χ1n) is 5.81. The second kappa shape index (κ2) is 4.51. The van der Waals surface area contributed by atoms with Gasteiger partial charge in [0, 0.05) is 19.7 Å². The summed E-state index contributed by atoms with van der Waals surface area (Å²) in [5.74, 6) is 2.01. The quantitative estimate of drug-likeness (QED) is 0.838. The molecule has 16 heavy (non-hydrogen) atoms. The highest BCUT2D eigenvalue weighted by atomic mass is 16.5. The van der Waals surface area contributed by atoms with E-state index in [-0.39, 0.29) is 6.04 Å². The van der Waals surface area contributed by atoms with Crippen molar-refractivity contribution in [1.29, 1.82) is 0 Å². The summed E-state index contributed by atoms with van der Waals surface area (Å²) in [6.07, 6.45) is 1.27. The lowest BCUT2D eigenvalue weighted by Crippen LogP contribution is -2.20. The van der Waals surface area contributed by atoms with Crippen molar-refractivity contribution in [3.63, 3.8) is 0 Å². The Balaban J connectivity index is 2.21. The maximum absolute atomic E-state index is 5.35. The third-order valence-corrected chi connectivity index (χ3v) is 3.14. The van der Waals surface area contributed by atoms with Gasteiger partial charge in [0.05, 0.1) is 12.1 Å². The number of methoxy groups -OCH3 is 1. The minimum Gasteiger partial charge on any atom is -0.380 e. The zero-order chi connectivity index (χ0) is 11.7. The van der Waals surface area contributed by atoms with Crippen LogP contribution in [0, 0.1) is 6.92 Å². The molecule has 5 nitrogen and oxygen atoms in total. The van der Waals surface area contributed by atoms with E-state index >= 15 is 0 Å². The van der Waals surface area contributed by atoms with Crippen molar-refractivity contribution < 1.29 is 4.74 Å². The summed E-state index contributed by atoms with van der Waals surface area (Å²) < 4.78 is 7.54. The Kier molecular flexibility index (Phi) is 3.25. The van der Waals surface area contributed by atoms with Crippen molar-refractivity contribution in [1.82, 2.24) is 20.1 Å². The molecule has 5 heteroatoms. The molecule has 1 fully saturated rings. The molecule has 0 spiro atoms. The first kappa shape index (κ1) is 11.5. The van der Waals surface area contributed by atoms with Crippen LogP contribution in [0.3, 0.4) is 0 Å². The van der Waals surface area contributed by atoms with Crippen LogP contribution in [0.15, 0.2) is 0 Å². The highest BCUT2D eigenvalue weighted by Crippen LogP contribution is 2.25. The maximum atomic E-state index is 5.35. The lowest BCUT2D eigenvalue weighted by atomic mass is 10.2. The van der Waals surface area contributed by atoms with Crippen LogP contribution >= 0.6 is 0 Å². The van der Waals surface area contributed by atoms with E-state index < -0.39 is 0 Å². The normalized spacial score (nSPS) is 25.6. The van der Waals surface area contributed by atoms with Crippen LogP contribution in [0.25, 0.3) is 0 Å². The molecule has 2 unspecified atom stereocenters. The number of aryl methyl sites for hydroxylation is 1. The Morgan fingerprint density at radius 3 is 2.75 bits per heavy atom. The monoisotopic (exact) mass is 224 g/mol. The fourth-order valence-corrected chi connectivity index (χ4v) is 2.34. The van der Waals surface area contributed by atoms with E-state index in [9.17, 15) is 0 Å². The number of ether oxygens (including phenoxy) is 1. The molecule has 1 N–H and O–H groups in total. The Hall–Kier alpha value is -0.940. The Bertz CT molecular complexity index is 361. The van der Waals surface area contributed by atoms with Crippen molar-refractivity contribution in [2.24, 2.45) is 0 Å². The molecule has 0 aliphatic carbocycles. The molecule has 90 valence electrons. The van der Waals surface area contributed by atoms with Gasteiger partial charge in [0.2, 0.25) is 0 Å². The molecule has 2 rings (SSSR count). The maximum Gasteiger partial charge on any atom is 0.150 e. The van der Waals surface area contributed by atoms with Gasteiger partial charge in [0.15, 0.2) is 5.82 Å². The van der Waals surface area contributed by atoms with Gasteiger partial charge in [-0.15, -0.1) is 10.2 Å². The Labute approximate surface area is 96.2 Å². The van der Waals surface area contributed by atoms with Crippen molar-refractivity contribution >= 4 is 0 Å². The summed E-state index contributed by atoms with van der Waals surface area (Å²) in [4.78, 5) is 0. The minimum absolute atomic E-state index is 0.272. The highest BCUT2D eigenvalue weighted by molar-refractivity contribution is 5.05. The van der Waals surface area contributed by atoms with Crippen LogP contribution in [0.4, 0.5) is 0 Å². The molecule has 1 aliphatic heterocycles. The summed E-state index contributed by atoms with van der Waals surface area (Å²) in [5.41, 5.74) is 0. The average molecular weight is 224 g/mol. The molecule has 0 bridgehead atoms. The van der Waals surface area contributed by atoms with Gasteiger partial charge in [-0.25, -0.2) is 0 Å². The molecule has 1 aromatic rings. The molecule has 1 aliphatic rings. The average Bonchev–Trinajstić information content (AvgIpc) is 2.82. The molecule has 2 heterocycles. The molecule has 0 amide bonds. The number of hydrogen-bond acceptors (Lipinski definition) is 4. The number of hydrogen-bond donors (Lipinski definition) is 1. The van der Waals surface area contributed by atoms with Gasteiger partial charge >= 0.3 is 0 Å². The van der Waals surface area contributed by atoms with Gasteiger partial charge in [-0.05, 0) is 27.2 Å². The smallest absolute Gasteiger partial charge is 0.150 e. The first-order chi connectivity index (χ1) is 7.63. The minimum atomic E-state index is 0.272. The van der Waals surface area contributed by atoms with E-state index in [0.29, 0.717) is 12.1 Å². The summed E-state index contributed by atoms with van der Waals surface area (Å²) in [6, 6.07) is 0.668. The van der Waals surface area contributed by atoms with Crippen LogP contribution in [0.5, 0.6) is 0 Å². The summed E-state index contributed by atoms with van der Waals surface area (Å²) in [6.45, 7) is 7.20. The Morgan fingerprint density at radius 2 is 2.19 bits per heavy atom. The van der Waals surface area contributed by atoms with Gasteiger partial charge in [-0.2, -0.15) is 0 Å². The Morgan fingerprint density at radius 1 is 1.44 bits per heavy atom. The van der Waals surface area contributed by atoms with Crippen LogP contribution in [0.1, 0.15) is 44.0 Å². The van der Waals surface area contributed by atoms with Crippen LogP contribution < -0.4 is 5.32 Å². The molecule has 2 atom stereocenters. The number of aromatic nitrogens is 3. The molecular weight excluding hydrogens is 204 g/mol. The molecular formula is C11H20N4O. The van der Waals surface area contributed by atoms with Gasteiger partial charge in [0.25, 0.3) is 0 Å². The van der Waals surface area contributed by atoms with Crippen LogP contribution in [-0.4, -0.2) is 34.5 Å². The summed E-state index contributed by atoms with van der Waals surface area (Å²) in [7, 11) is 1.76. The number of rotatable bonds is 3. The van der Waals surface area contributed by atoms with Crippen molar-refractivity contribution in [2.45, 2.75) is 45.4 Å². The zero-order valence-corrected chi connectivity index (χ0v) is 10.4. The van der Waals surface area contributed by atoms with Gasteiger partial charge in [-0.3, -0.25) is 0 Å². The molecule has 0 aromatic carbocycles. The van der Waals surface area contributed by atoms with Crippen molar-refractivity contribution in [2.75, 3.05) is 13.7 Å². The fraction of sp³-hybridized carbons (Fsp3) is 0.818. The van der Waals surface area contributed by atoms with E-state index in [1.165, 1.54) is 0 Å². The van der Waals surface area contributed by atoms with E-state index in [2.05, 4.69) is 33.9 Å². The van der Waals surface area contributed by atoms with E-state index in [1.54, 1.807) is 7.11 Å². The lowest BCUT2D eigenvalue weighted by molar-refractivity contribution is 0.117. The molecule has 1 aromatic heterocycles. The second-order valence-electron chi connectivity index (χ2n) is 4.62. The lowest BCUT2D eigenvalue weighted by Gasteiger charge is -2.16. The summed E-state index contributed by atoms with van der Waals surface area (Å²) >= 11 is 0. The van der Waals surface area contributed by atoms with E-state index in [0.717, 1.165) is 24.6 Å². The van der Waals surface area contributed by atoms with Crippen LogP contribution in [-0.2, 0) is 4.74 Å². The standard InChI is InChI=1S/C11H20N4O/c1-7(2)15-8(3)13-14-11(15)10-5-9(16-4)6-12-10/h7,9-10,12H,5-6H2,1-4H3. The van der Waals surface area contributed by atoms with Gasteiger partial charge in [-0.1, -0.05) is 0 Å². The van der Waals surface area contributed by atoms with Crippen molar-refractivity contribution in [3.05, 3.63) is 11.6 Å². The number of nitrogens with one attached hydrogen (secondary N) is 1. The van der Waals surface area contributed by atoms with Gasteiger partial charge in [0.1, 0.15) is 5.82 Å². The molecule has 0 radical (unpaired) electrons. The van der Waals surface area contributed by atoms with Crippen LogP contribution in [0.2, 0.25) is 0 Å². The van der Waals surface area contributed by atoms with Crippen molar-refractivity contribution in [3.8, 4) is 0 Å². The first-order valence-corrected chi connectivity index (χ1v) is 5.81. The molecule has 0 saturated carbocycles. The highest BCUT2D eigenvalue weighted by Gasteiger charge is 2.29. The third-order valence-electron chi connectivity index (χ3n) is 3.14. The van der Waals surface area contributed by atoms with E-state index in [1.807, 2.05) is 6.92 Å². The SMILES string of the molecule is COC1CNC(c2nnc(C)n2C(C)C)C1. The van der Waals surface area contributed by atoms with E-state index in [4.69, 9.17) is 4.74 Å². The molecule has 1 saturated heterocycles. The third kappa shape index (κ3) is 1.97. The second-order valence-corrected chi connectivity index (χ2v) is 4.62. The predicted molar refractivity (Wildman–Crippen MR) is 61.3 cm³/mol. The summed E-state index contributed by atoms with van der Waals surface area (Å²) in [5, 5.41) is 11.9. The zero-order valence-electron chi connectivity index (χ0n) is 10.4. The topological polar surface area (TPSA) is 52.0 Å². The number of nitrogens with zero attached hydrogens (tertiary/aromatic N) is 3.